The zero-order chi connectivity index (χ0) is 16.4. The number of aromatic nitrogens is 1. The van der Waals surface area contributed by atoms with Crippen LogP contribution < -0.4 is 10.5 Å². The Morgan fingerprint density at radius 3 is 2.52 bits per heavy atom. The van der Waals surface area contributed by atoms with Gasteiger partial charge in [-0.25, -0.2) is 0 Å². The molecule has 0 aliphatic carbocycles. The topological polar surface area (TPSA) is 40.2 Å². The zero-order valence-corrected chi connectivity index (χ0v) is 14.0. The van der Waals surface area contributed by atoms with Gasteiger partial charge in [0.15, 0.2) is 0 Å². The lowest BCUT2D eigenvalue weighted by atomic mass is 9.90. The fraction of sp³-hybridized carbons (Fsp3) is 0.300. The lowest BCUT2D eigenvalue weighted by Crippen LogP contribution is -2.16. The zero-order valence-electron chi connectivity index (χ0n) is 14.0. The molecule has 1 aromatic heterocycles. The molecular formula is C20H24N2O. The SMILES string of the molecule is COc1ccccc1C(CN)Cc1c(C)n(C)c2ccccc12. The number of methoxy groups -OCH3 is 1. The predicted octanol–water partition coefficient (Wildman–Crippen LogP) is 3.78. The highest BCUT2D eigenvalue weighted by atomic mass is 16.5. The predicted molar refractivity (Wildman–Crippen MR) is 96.1 cm³/mol. The molecule has 0 radical (unpaired) electrons. The summed E-state index contributed by atoms with van der Waals surface area (Å²) in [6, 6.07) is 16.7. The molecule has 1 unspecified atom stereocenters. The summed E-state index contributed by atoms with van der Waals surface area (Å²) in [5.74, 6) is 1.16. The summed E-state index contributed by atoms with van der Waals surface area (Å²) in [4.78, 5) is 0. The first-order valence-corrected chi connectivity index (χ1v) is 8.03. The third-order valence-electron chi connectivity index (χ3n) is 4.84. The Morgan fingerprint density at radius 1 is 1.09 bits per heavy atom. The lowest BCUT2D eigenvalue weighted by molar-refractivity contribution is 0.405. The Hall–Kier alpha value is -2.26. The van der Waals surface area contributed by atoms with Crippen molar-refractivity contribution < 1.29 is 4.74 Å². The summed E-state index contributed by atoms with van der Waals surface area (Å²) in [5, 5.41) is 1.32. The molecule has 0 spiro atoms. The van der Waals surface area contributed by atoms with Gasteiger partial charge in [0.25, 0.3) is 0 Å². The van der Waals surface area contributed by atoms with Gasteiger partial charge in [0, 0.05) is 29.6 Å². The van der Waals surface area contributed by atoms with E-state index in [0.717, 1.165) is 12.2 Å². The Balaban J connectivity index is 2.05. The number of hydrogen-bond acceptors (Lipinski definition) is 2. The number of benzene rings is 2. The largest absolute Gasteiger partial charge is 0.496 e. The van der Waals surface area contributed by atoms with E-state index >= 15 is 0 Å². The molecule has 2 N–H and O–H groups in total. The molecule has 23 heavy (non-hydrogen) atoms. The second-order valence-electron chi connectivity index (χ2n) is 6.02. The Kier molecular flexibility index (Phi) is 4.39. The van der Waals surface area contributed by atoms with Gasteiger partial charge in [-0.2, -0.15) is 0 Å². The molecule has 0 bridgehead atoms. The molecule has 0 fully saturated rings. The monoisotopic (exact) mass is 308 g/mol. The van der Waals surface area contributed by atoms with Crippen LogP contribution in [0.3, 0.4) is 0 Å². The van der Waals surface area contributed by atoms with E-state index in [4.69, 9.17) is 10.5 Å². The Labute approximate surface area is 137 Å². The van der Waals surface area contributed by atoms with Gasteiger partial charge in [0.2, 0.25) is 0 Å². The molecule has 3 aromatic rings. The highest BCUT2D eigenvalue weighted by Gasteiger charge is 2.19. The lowest BCUT2D eigenvalue weighted by Gasteiger charge is -2.18. The van der Waals surface area contributed by atoms with Crippen molar-refractivity contribution in [2.24, 2.45) is 12.8 Å². The van der Waals surface area contributed by atoms with E-state index in [0.29, 0.717) is 6.54 Å². The van der Waals surface area contributed by atoms with Crippen LogP contribution in [0, 0.1) is 6.92 Å². The minimum atomic E-state index is 0.246. The van der Waals surface area contributed by atoms with E-state index < -0.39 is 0 Å². The third kappa shape index (κ3) is 2.73. The van der Waals surface area contributed by atoms with Crippen LogP contribution in [0.1, 0.15) is 22.7 Å². The summed E-state index contributed by atoms with van der Waals surface area (Å²) >= 11 is 0. The third-order valence-corrected chi connectivity index (χ3v) is 4.84. The Bertz CT molecular complexity index is 820. The standard InChI is InChI=1S/C20H24N2O/c1-14-18(17-9-4-6-10-19(17)22(14)2)12-15(13-21)16-8-5-7-11-20(16)23-3/h4-11,15H,12-13,21H2,1-3H3. The summed E-state index contributed by atoms with van der Waals surface area (Å²) in [6.07, 6.45) is 0.921. The number of nitrogens with zero attached hydrogens (tertiary/aromatic N) is 1. The summed E-state index contributed by atoms with van der Waals surface area (Å²) < 4.78 is 7.79. The maximum absolute atomic E-state index is 6.11. The molecule has 0 amide bonds. The van der Waals surface area contributed by atoms with Crippen molar-refractivity contribution >= 4 is 10.9 Å². The number of nitrogens with two attached hydrogens (primary N) is 1. The fourth-order valence-corrected chi connectivity index (χ4v) is 3.43. The van der Waals surface area contributed by atoms with Crippen molar-refractivity contribution in [1.29, 1.82) is 0 Å². The van der Waals surface area contributed by atoms with E-state index in [1.54, 1.807) is 7.11 Å². The number of rotatable bonds is 5. The van der Waals surface area contributed by atoms with E-state index in [9.17, 15) is 0 Å². The number of fused-ring (bicyclic) bond motifs is 1. The van der Waals surface area contributed by atoms with Crippen LogP contribution in [0.5, 0.6) is 5.75 Å². The molecule has 1 atom stereocenters. The minimum Gasteiger partial charge on any atom is -0.496 e. The van der Waals surface area contributed by atoms with Gasteiger partial charge in [-0.15, -0.1) is 0 Å². The van der Waals surface area contributed by atoms with E-state index in [1.807, 2.05) is 12.1 Å². The maximum Gasteiger partial charge on any atom is 0.122 e. The van der Waals surface area contributed by atoms with Crippen LogP contribution in [0.4, 0.5) is 0 Å². The van der Waals surface area contributed by atoms with Gasteiger partial charge in [0.1, 0.15) is 5.75 Å². The van der Waals surface area contributed by atoms with Gasteiger partial charge >= 0.3 is 0 Å². The summed E-state index contributed by atoms with van der Waals surface area (Å²) in [7, 11) is 3.84. The molecule has 3 nitrogen and oxygen atoms in total. The van der Waals surface area contributed by atoms with Crippen molar-refractivity contribution in [3.8, 4) is 5.75 Å². The van der Waals surface area contributed by atoms with Gasteiger partial charge in [-0.1, -0.05) is 36.4 Å². The molecule has 0 aliphatic rings. The highest BCUT2D eigenvalue weighted by Crippen LogP contribution is 2.33. The number of ether oxygens (including phenoxy) is 1. The smallest absolute Gasteiger partial charge is 0.122 e. The Morgan fingerprint density at radius 2 is 1.78 bits per heavy atom. The first kappa shape index (κ1) is 15.6. The van der Waals surface area contributed by atoms with Crippen LogP contribution in [0.15, 0.2) is 48.5 Å². The molecule has 120 valence electrons. The quantitative estimate of drug-likeness (QED) is 0.779. The normalized spacial score (nSPS) is 12.5. The minimum absolute atomic E-state index is 0.246. The highest BCUT2D eigenvalue weighted by molar-refractivity contribution is 5.85. The average molecular weight is 308 g/mol. The van der Waals surface area contributed by atoms with Crippen LogP contribution in [0.25, 0.3) is 10.9 Å². The molecule has 3 rings (SSSR count). The van der Waals surface area contributed by atoms with Gasteiger partial charge in [-0.3, -0.25) is 0 Å². The van der Waals surface area contributed by atoms with Gasteiger partial charge in [-0.05, 0) is 43.1 Å². The molecule has 1 heterocycles. The molecule has 3 heteroatoms. The molecule has 0 aliphatic heterocycles. The molecule has 0 saturated carbocycles. The molecule has 2 aromatic carbocycles. The second kappa shape index (κ2) is 6.47. The van der Waals surface area contributed by atoms with Crippen molar-refractivity contribution in [2.45, 2.75) is 19.3 Å². The molecule has 0 saturated heterocycles. The first-order chi connectivity index (χ1) is 11.2. The van der Waals surface area contributed by atoms with E-state index in [1.165, 1.54) is 27.7 Å². The van der Waals surface area contributed by atoms with Gasteiger partial charge in [0.05, 0.1) is 7.11 Å². The maximum atomic E-state index is 6.11. The van der Waals surface area contributed by atoms with Crippen molar-refractivity contribution in [1.82, 2.24) is 4.57 Å². The number of para-hydroxylation sites is 2. The average Bonchev–Trinajstić information content (AvgIpc) is 2.84. The van der Waals surface area contributed by atoms with Gasteiger partial charge < -0.3 is 15.0 Å². The van der Waals surface area contributed by atoms with Crippen molar-refractivity contribution in [3.63, 3.8) is 0 Å². The van der Waals surface area contributed by atoms with E-state index in [-0.39, 0.29) is 5.92 Å². The molecular weight excluding hydrogens is 284 g/mol. The number of hydrogen-bond donors (Lipinski definition) is 1. The second-order valence-corrected chi connectivity index (χ2v) is 6.02. The van der Waals surface area contributed by atoms with Crippen LogP contribution in [-0.4, -0.2) is 18.2 Å². The fourth-order valence-electron chi connectivity index (χ4n) is 3.43. The first-order valence-electron chi connectivity index (χ1n) is 8.03. The van der Waals surface area contributed by atoms with Crippen LogP contribution in [0.2, 0.25) is 0 Å². The number of aryl methyl sites for hydroxylation is 1. The van der Waals surface area contributed by atoms with E-state index in [2.05, 4.69) is 54.9 Å². The van der Waals surface area contributed by atoms with Crippen LogP contribution >= 0.6 is 0 Å². The van der Waals surface area contributed by atoms with Crippen molar-refractivity contribution in [3.05, 3.63) is 65.4 Å². The summed E-state index contributed by atoms with van der Waals surface area (Å²) in [6.45, 7) is 2.79. The van der Waals surface area contributed by atoms with Crippen molar-refractivity contribution in [2.75, 3.05) is 13.7 Å². The van der Waals surface area contributed by atoms with Crippen LogP contribution in [-0.2, 0) is 13.5 Å². The summed E-state index contributed by atoms with van der Waals surface area (Å²) in [5.41, 5.74) is 11.3.